The van der Waals surface area contributed by atoms with Crippen LogP contribution < -0.4 is 14.8 Å². The van der Waals surface area contributed by atoms with Gasteiger partial charge in [0.15, 0.2) is 16.7 Å². The van der Waals surface area contributed by atoms with E-state index in [9.17, 15) is 9.59 Å². The lowest BCUT2D eigenvalue weighted by molar-refractivity contribution is -0.115. The van der Waals surface area contributed by atoms with Crippen molar-refractivity contribution >= 4 is 56.5 Å². The van der Waals surface area contributed by atoms with E-state index >= 15 is 0 Å². The van der Waals surface area contributed by atoms with Crippen molar-refractivity contribution in [1.82, 2.24) is 5.32 Å². The lowest BCUT2D eigenvalue weighted by Crippen LogP contribution is -2.19. The zero-order valence-corrected chi connectivity index (χ0v) is 22.0. The molecule has 1 fully saturated rings. The van der Waals surface area contributed by atoms with Crippen molar-refractivity contribution in [3.63, 3.8) is 0 Å². The van der Waals surface area contributed by atoms with Crippen molar-refractivity contribution in [2.75, 3.05) is 7.11 Å². The number of amides is 1. The summed E-state index contributed by atoms with van der Waals surface area (Å²) in [6, 6.07) is 18.0. The Balaban J connectivity index is 1.49. The summed E-state index contributed by atoms with van der Waals surface area (Å²) in [5, 5.41) is 12.4. The number of carbonyl (C=O) groups is 2. The van der Waals surface area contributed by atoms with Crippen LogP contribution in [0.3, 0.4) is 0 Å². The molecule has 1 heterocycles. The SMILES string of the molecule is CCc1ccc(N=C2NC(=O)/C(=C\c3cc(Br)c(OCc4ccc(C(=O)O)cc4)c(OC)c3)S2)cc1. The van der Waals surface area contributed by atoms with Gasteiger partial charge in [-0.25, -0.2) is 9.79 Å². The molecule has 2 N–H and O–H groups in total. The second-order valence-electron chi connectivity index (χ2n) is 7.83. The first-order valence-electron chi connectivity index (χ1n) is 11.1. The fourth-order valence-corrected chi connectivity index (χ4v) is 4.83. The maximum atomic E-state index is 12.5. The Bertz CT molecular complexity index is 1350. The van der Waals surface area contributed by atoms with E-state index in [1.54, 1.807) is 31.4 Å². The number of aliphatic imine (C=N–C) groups is 1. The van der Waals surface area contributed by atoms with Crippen LogP contribution >= 0.6 is 27.7 Å². The largest absolute Gasteiger partial charge is 0.493 e. The number of carbonyl (C=O) groups excluding carboxylic acids is 1. The molecule has 0 unspecified atom stereocenters. The number of hydrogen-bond acceptors (Lipinski definition) is 6. The highest BCUT2D eigenvalue weighted by Crippen LogP contribution is 2.39. The van der Waals surface area contributed by atoms with E-state index in [0.717, 1.165) is 23.2 Å². The van der Waals surface area contributed by atoms with E-state index in [4.69, 9.17) is 14.6 Å². The summed E-state index contributed by atoms with van der Waals surface area (Å²) in [5.74, 6) is -0.200. The van der Waals surface area contributed by atoms with Crippen LogP contribution in [0.2, 0.25) is 0 Å². The van der Waals surface area contributed by atoms with Gasteiger partial charge < -0.3 is 19.9 Å². The molecule has 0 atom stereocenters. The number of hydrogen-bond donors (Lipinski definition) is 2. The molecule has 4 rings (SSSR count). The van der Waals surface area contributed by atoms with Gasteiger partial charge in [0.1, 0.15) is 6.61 Å². The normalized spacial score (nSPS) is 15.2. The summed E-state index contributed by atoms with van der Waals surface area (Å²) in [6.07, 6.45) is 2.72. The van der Waals surface area contributed by atoms with E-state index in [1.807, 2.05) is 30.3 Å². The van der Waals surface area contributed by atoms with Crippen molar-refractivity contribution in [2.24, 2.45) is 4.99 Å². The predicted molar refractivity (Wildman–Crippen MR) is 145 cm³/mol. The molecule has 36 heavy (non-hydrogen) atoms. The van der Waals surface area contributed by atoms with Crippen LogP contribution in [-0.2, 0) is 17.8 Å². The number of carboxylic acids is 1. The number of nitrogens with one attached hydrogen (secondary N) is 1. The summed E-state index contributed by atoms with van der Waals surface area (Å²) in [7, 11) is 1.54. The highest BCUT2D eigenvalue weighted by Gasteiger charge is 2.24. The van der Waals surface area contributed by atoms with Gasteiger partial charge in [-0.05, 0) is 93.3 Å². The molecule has 0 saturated carbocycles. The molecule has 0 radical (unpaired) electrons. The van der Waals surface area contributed by atoms with Crippen LogP contribution in [-0.4, -0.2) is 29.3 Å². The van der Waals surface area contributed by atoms with E-state index in [1.165, 1.54) is 29.5 Å². The maximum absolute atomic E-state index is 12.5. The van der Waals surface area contributed by atoms with Gasteiger partial charge >= 0.3 is 5.97 Å². The average molecular weight is 567 g/mol. The number of ether oxygens (including phenoxy) is 2. The minimum absolute atomic E-state index is 0.214. The molecule has 3 aromatic carbocycles. The number of benzene rings is 3. The Hall–Kier alpha value is -3.56. The summed E-state index contributed by atoms with van der Waals surface area (Å²) in [4.78, 5) is 28.6. The number of methoxy groups -OCH3 is 1. The Morgan fingerprint density at radius 3 is 2.44 bits per heavy atom. The van der Waals surface area contributed by atoms with Gasteiger partial charge in [-0.2, -0.15) is 0 Å². The molecule has 1 amide bonds. The standard InChI is InChI=1S/C27H23BrN2O5S/c1-3-16-6-10-20(11-7-16)29-27-30-25(31)23(36-27)14-18-12-21(28)24(22(13-18)34-2)35-15-17-4-8-19(9-5-17)26(32)33/h4-14H,3,15H2,1-2H3,(H,32,33)(H,29,30,31)/b23-14+. The quantitative estimate of drug-likeness (QED) is 0.315. The van der Waals surface area contributed by atoms with Crippen molar-refractivity contribution < 1.29 is 24.2 Å². The molecule has 184 valence electrons. The molecule has 9 heteroatoms. The summed E-state index contributed by atoms with van der Waals surface area (Å²) < 4.78 is 12.1. The third kappa shape index (κ3) is 6.16. The lowest BCUT2D eigenvalue weighted by atomic mass is 10.1. The van der Waals surface area contributed by atoms with Crippen LogP contribution in [0.4, 0.5) is 5.69 Å². The Kier molecular flexibility index (Phi) is 8.12. The first kappa shape index (κ1) is 25.5. The van der Waals surface area contributed by atoms with E-state index in [0.29, 0.717) is 26.0 Å². The average Bonchev–Trinajstić information content (AvgIpc) is 3.21. The fraction of sp³-hybridized carbons (Fsp3) is 0.148. The van der Waals surface area contributed by atoms with Gasteiger partial charge in [0.05, 0.1) is 27.7 Å². The minimum Gasteiger partial charge on any atom is -0.493 e. The molecule has 7 nitrogen and oxygen atoms in total. The number of amidine groups is 1. The molecular formula is C27H23BrN2O5S. The topological polar surface area (TPSA) is 97.2 Å². The first-order chi connectivity index (χ1) is 17.4. The van der Waals surface area contributed by atoms with Gasteiger partial charge in [-0.15, -0.1) is 0 Å². The number of aromatic carboxylic acids is 1. The Morgan fingerprint density at radius 1 is 1.11 bits per heavy atom. The van der Waals surface area contributed by atoms with Crippen LogP contribution in [0.15, 0.2) is 75.0 Å². The van der Waals surface area contributed by atoms with Crippen molar-refractivity contribution in [2.45, 2.75) is 20.0 Å². The number of halogens is 1. The second kappa shape index (κ2) is 11.5. The zero-order chi connectivity index (χ0) is 25.7. The number of rotatable bonds is 8. The predicted octanol–water partition coefficient (Wildman–Crippen LogP) is 6.19. The van der Waals surface area contributed by atoms with Gasteiger partial charge in [0.2, 0.25) is 0 Å². The van der Waals surface area contributed by atoms with Gasteiger partial charge in [-0.3, -0.25) is 4.79 Å². The number of thioether (sulfide) groups is 1. The highest BCUT2D eigenvalue weighted by atomic mass is 79.9. The maximum Gasteiger partial charge on any atom is 0.335 e. The lowest BCUT2D eigenvalue weighted by Gasteiger charge is -2.14. The third-order valence-corrected chi connectivity index (χ3v) is 6.86. The molecule has 0 bridgehead atoms. The van der Waals surface area contributed by atoms with Gasteiger partial charge in [-0.1, -0.05) is 31.2 Å². The molecule has 0 aromatic heterocycles. The van der Waals surface area contributed by atoms with Crippen LogP contribution in [0.25, 0.3) is 6.08 Å². The summed E-state index contributed by atoms with van der Waals surface area (Å²) in [5.41, 5.74) is 3.79. The van der Waals surface area contributed by atoms with Gasteiger partial charge in [0.25, 0.3) is 5.91 Å². The van der Waals surface area contributed by atoms with E-state index in [-0.39, 0.29) is 18.1 Å². The molecule has 3 aromatic rings. The van der Waals surface area contributed by atoms with Gasteiger partial charge in [0, 0.05) is 0 Å². The first-order valence-corrected chi connectivity index (χ1v) is 12.7. The fourth-order valence-electron chi connectivity index (χ4n) is 3.42. The van der Waals surface area contributed by atoms with E-state index < -0.39 is 5.97 Å². The number of nitrogens with zero attached hydrogens (tertiary/aromatic N) is 1. The summed E-state index contributed by atoms with van der Waals surface area (Å²) in [6.45, 7) is 2.32. The van der Waals surface area contributed by atoms with Crippen LogP contribution in [0, 0.1) is 0 Å². The minimum atomic E-state index is -0.977. The Labute approximate surface area is 221 Å². The van der Waals surface area contributed by atoms with Crippen molar-refractivity contribution in [3.05, 3.63) is 92.3 Å². The van der Waals surface area contributed by atoms with Crippen LogP contribution in [0.5, 0.6) is 11.5 Å². The smallest absolute Gasteiger partial charge is 0.335 e. The Morgan fingerprint density at radius 2 is 1.81 bits per heavy atom. The summed E-state index contributed by atoms with van der Waals surface area (Å²) >= 11 is 4.81. The molecule has 1 saturated heterocycles. The monoisotopic (exact) mass is 566 g/mol. The zero-order valence-electron chi connectivity index (χ0n) is 19.6. The molecule has 1 aliphatic rings. The number of carboxylic acid groups (broad SMARTS) is 1. The van der Waals surface area contributed by atoms with E-state index in [2.05, 4.69) is 33.2 Å². The highest BCUT2D eigenvalue weighted by molar-refractivity contribution is 9.10. The van der Waals surface area contributed by atoms with Crippen LogP contribution in [0.1, 0.15) is 34.0 Å². The second-order valence-corrected chi connectivity index (χ2v) is 9.71. The third-order valence-electron chi connectivity index (χ3n) is 5.36. The molecule has 1 aliphatic heterocycles. The van der Waals surface area contributed by atoms with Crippen molar-refractivity contribution in [3.8, 4) is 11.5 Å². The van der Waals surface area contributed by atoms with Crippen molar-refractivity contribution in [1.29, 1.82) is 0 Å². The number of aryl methyl sites for hydroxylation is 1. The molecular weight excluding hydrogens is 544 g/mol. The molecule has 0 spiro atoms. The molecule has 0 aliphatic carbocycles.